The highest BCUT2D eigenvalue weighted by Crippen LogP contribution is 2.15. The maximum atomic E-state index is 5.63. The van der Waals surface area contributed by atoms with E-state index in [1.165, 1.54) is 5.56 Å². The van der Waals surface area contributed by atoms with Crippen LogP contribution in [0.3, 0.4) is 0 Å². The zero-order chi connectivity index (χ0) is 13.5. The highest BCUT2D eigenvalue weighted by molar-refractivity contribution is 5.16. The molecule has 0 bridgehead atoms. The van der Waals surface area contributed by atoms with E-state index in [9.17, 15) is 0 Å². The fourth-order valence-electron chi connectivity index (χ4n) is 2.29. The standard InChI is InChI=1S/C15H28N2O/c1-12(2)9-17(10-13(3)4)11-15-14(8-16-5)6-7-18-15/h6-7,12-13,16H,8-11H2,1-5H3. The van der Waals surface area contributed by atoms with Gasteiger partial charge in [-0.25, -0.2) is 0 Å². The van der Waals surface area contributed by atoms with Crippen LogP contribution in [-0.4, -0.2) is 25.0 Å². The molecule has 3 nitrogen and oxygen atoms in total. The van der Waals surface area contributed by atoms with E-state index in [4.69, 9.17) is 4.42 Å². The van der Waals surface area contributed by atoms with Crippen LogP contribution in [0.4, 0.5) is 0 Å². The van der Waals surface area contributed by atoms with Crippen molar-refractivity contribution in [1.29, 1.82) is 0 Å². The Hall–Kier alpha value is -0.800. The first kappa shape index (κ1) is 15.3. The first-order valence-corrected chi connectivity index (χ1v) is 6.95. The minimum Gasteiger partial charge on any atom is -0.468 e. The van der Waals surface area contributed by atoms with E-state index in [0.29, 0.717) is 11.8 Å². The molecule has 0 saturated carbocycles. The van der Waals surface area contributed by atoms with Crippen molar-refractivity contribution in [3.8, 4) is 0 Å². The summed E-state index contributed by atoms with van der Waals surface area (Å²) in [5.41, 5.74) is 1.27. The monoisotopic (exact) mass is 252 g/mol. The van der Waals surface area contributed by atoms with Crippen molar-refractivity contribution >= 4 is 0 Å². The van der Waals surface area contributed by atoms with Crippen molar-refractivity contribution < 1.29 is 4.42 Å². The Morgan fingerprint density at radius 3 is 2.28 bits per heavy atom. The third-order valence-corrected chi connectivity index (χ3v) is 2.82. The van der Waals surface area contributed by atoms with Crippen LogP contribution in [0.5, 0.6) is 0 Å². The molecule has 0 radical (unpaired) electrons. The molecule has 0 amide bonds. The first-order valence-electron chi connectivity index (χ1n) is 6.95. The van der Waals surface area contributed by atoms with Gasteiger partial charge in [-0.15, -0.1) is 0 Å². The fourth-order valence-corrected chi connectivity index (χ4v) is 2.29. The maximum Gasteiger partial charge on any atom is 0.122 e. The Labute approximate surface area is 112 Å². The molecular weight excluding hydrogens is 224 g/mol. The molecule has 1 heterocycles. The zero-order valence-corrected chi connectivity index (χ0v) is 12.5. The van der Waals surface area contributed by atoms with Crippen LogP contribution >= 0.6 is 0 Å². The van der Waals surface area contributed by atoms with Gasteiger partial charge in [0.1, 0.15) is 5.76 Å². The smallest absolute Gasteiger partial charge is 0.122 e. The van der Waals surface area contributed by atoms with Gasteiger partial charge in [-0.05, 0) is 24.9 Å². The van der Waals surface area contributed by atoms with Gasteiger partial charge < -0.3 is 9.73 Å². The molecule has 18 heavy (non-hydrogen) atoms. The lowest BCUT2D eigenvalue weighted by molar-refractivity contribution is 0.196. The number of rotatable bonds is 8. The van der Waals surface area contributed by atoms with Crippen LogP contribution in [0, 0.1) is 11.8 Å². The van der Waals surface area contributed by atoms with Gasteiger partial charge in [-0.3, -0.25) is 4.90 Å². The first-order chi connectivity index (χ1) is 8.52. The molecule has 1 N–H and O–H groups in total. The molecule has 0 fully saturated rings. The lowest BCUT2D eigenvalue weighted by Crippen LogP contribution is -2.31. The van der Waals surface area contributed by atoms with Crippen molar-refractivity contribution in [2.75, 3.05) is 20.1 Å². The molecule has 0 spiro atoms. The van der Waals surface area contributed by atoms with Gasteiger partial charge in [0.05, 0.1) is 12.8 Å². The predicted molar refractivity (Wildman–Crippen MR) is 76.4 cm³/mol. The second kappa shape index (κ2) is 7.59. The average Bonchev–Trinajstić information content (AvgIpc) is 2.64. The second-order valence-corrected chi connectivity index (χ2v) is 5.88. The van der Waals surface area contributed by atoms with Gasteiger partial charge in [0.2, 0.25) is 0 Å². The fraction of sp³-hybridized carbons (Fsp3) is 0.733. The van der Waals surface area contributed by atoms with E-state index in [0.717, 1.165) is 31.9 Å². The topological polar surface area (TPSA) is 28.4 Å². The molecule has 0 aliphatic rings. The number of nitrogens with zero attached hydrogens (tertiary/aromatic N) is 1. The summed E-state index contributed by atoms with van der Waals surface area (Å²) in [5, 5.41) is 3.19. The Morgan fingerprint density at radius 2 is 1.78 bits per heavy atom. The van der Waals surface area contributed by atoms with Crippen LogP contribution in [0.15, 0.2) is 16.7 Å². The van der Waals surface area contributed by atoms with Gasteiger partial charge in [-0.1, -0.05) is 27.7 Å². The molecule has 0 aromatic carbocycles. The zero-order valence-electron chi connectivity index (χ0n) is 12.5. The van der Waals surface area contributed by atoms with Crippen LogP contribution in [0.1, 0.15) is 39.0 Å². The third-order valence-electron chi connectivity index (χ3n) is 2.82. The van der Waals surface area contributed by atoms with Crippen LogP contribution in [-0.2, 0) is 13.1 Å². The maximum absolute atomic E-state index is 5.63. The molecule has 3 heteroatoms. The van der Waals surface area contributed by atoms with E-state index in [1.54, 1.807) is 6.26 Å². The summed E-state index contributed by atoms with van der Waals surface area (Å²) in [4.78, 5) is 2.49. The number of hydrogen-bond donors (Lipinski definition) is 1. The molecule has 0 unspecified atom stereocenters. The average molecular weight is 252 g/mol. The molecule has 0 aliphatic heterocycles. The highest BCUT2D eigenvalue weighted by atomic mass is 16.3. The van der Waals surface area contributed by atoms with Crippen molar-refractivity contribution in [3.05, 3.63) is 23.7 Å². The minimum atomic E-state index is 0.687. The summed E-state index contributed by atoms with van der Waals surface area (Å²) in [5.74, 6) is 2.48. The third kappa shape index (κ3) is 5.23. The summed E-state index contributed by atoms with van der Waals surface area (Å²) >= 11 is 0. The number of hydrogen-bond acceptors (Lipinski definition) is 3. The molecule has 0 aliphatic carbocycles. The van der Waals surface area contributed by atoms with Gasteiger partial charge in [0, 0.05) is 25.2 Å². The van der Waals surface area contributed by atoms with Crippen molar-refractivity contribution in [1.82, 2.24) is 10.2 Å². The Kier molecular flexibility index (Phi) is 6.44. The lowest BCUT2D eigenvalue weighted by Gasteiger charge is -2.25. The summed E-state index contributed by atoms with van der Waals surface area (Å²) in [6.45, 7) is 13.1. The van der Waals surface area contributed by atoms with Crippen molar-refractivity contribution in [3.63, 3.8) is 0 Å². The molecule has 1 aromatic heterocycles. The normalized spacial score (nSPS) is 12.0. The van der Waals surface area contributed by atoms with Gasteiger partial charge in [0.15, 0.2) is 0 Å². The SMILES string of the molecule is CNCc1ccoc1CN(CC(C)C)CC(C)C. The Bertz CT molecular complexity index is 321. The van der Waals surface area contributed by atoms with E-state index in [-0.39, 0.29) is 0 Å². The summed E-state index contributed by atoms with van der Waals surface area (Å²) in [6, 6.07) is 2.06. The van der Waals surface area contributed by atoms with Gasteiger partial charge in [0.25, 0.3) is 0 Å². The minimum absolute atomic E-state index is 0.687. The summed E-state index contributed by atoms with van der Waals surface area (Å²) in [7, 11) is 1.97. The molecule has 1 aromatic rings. The largest absolute Gasteiger partial charge is 0.468 e. The van der Waals surface area contributed by atoms with E-state index >= 15 is 0 Å². The molecule has 104 valence electrons. The van der Waals surface area contributed by atoms with Crippen molar-refractivity contribution in [2.45, 2.75) is 40.8 Å². The number of nitrogens with one attached hydrogen (secondary N) is 1. The van der Waals surface area contributed by atoms with Gasteiger partial charge >= 0.3 is 0 Å². The Morgan fingerprint density at radius 1 is 1.17 bits per heavy atom. The van der Waals surface area contributed by atoms with E-state index in [2.05, 4.69) is 44.0 Å². The second-order valence-electron chi connectivity index (χ2n) is 5.88. The molecule has 0 saturated heterocycles. The summed E-state index contributed by atoms with van der Waals surface area (Å²) in [6.07, 6.45) is 1.80. The molecule has 0 atom stereocenters. The quantitative estimate of drug-likeness (QED) is 0.770. The summed E-state index contributed by atoms with van der Waals surface area (Å²) < 4.78 is 5.63. The molecular formula is C15H28N2O. The molecule has 1 rings (SSSR count). The highest BCUT2D eigenvalue weighted by Gasteiger charge is 2.14. The van der Waals surface area contributed by atoms with Crippen LogP contribution < -0.4 is 5.32 Å². The van der Waals surface area contributed by atoms with Crippen LogP contribution in [0.25, 0.3) is 0 Å². The van der Waals surface area contributed by atoms with E-state index < -0.39 is 0 Å². The van der Waals surface area contributed by atoms with Crippen LogP contribution in [0.2, 0.25) is 0 Å². The lowest BCUT2D eigenvalue weighted by atomic mass is 10.1. The van der Waals surface area contributed by atoms with Crippen molar-refractivity contribution in [2.24, 2.45) is 11.8 Å². The Balaban J connectivity index is 2.65. The number of furan rings is 1. The predicted octanol–water partition coefficient (Wildman–Crippen LogP) is 3.11. The van der Waals surface area contributed by atoms with E-state index in [1.807, 2.05) is 7.05 Å². The van der Waals surface area contributed by atoms with Gasteiger partial charge in [-0.2, -0.15) is 0 Å².